The zero-order valence-corrected chi connectivity index (χ0v) is 11.6. The maximum atomic E-state index is 5.20. The lowest BCUT2D eigenvalue weighted by Gasteiger charge is -2.22. The van der Waals surface area contributed by atoms with Crippen molar-refractivity contribution in [3.8, 4) is 0 Å². The molecule has 0 aliphatic carbocycles. The highest BCUT2D eigenvalue weighted by Crippen LogP contribution is 2.18. The van der Waals surface area contributed by atoms with E-state index in [-0.39, 0.29) is 0 Å². The highest BCUT2D eigenvalue weighted by molar-refractivity contribution is 7.71. The fourth-order valence-electron chi connectivity index (χ4n) is 2.53. The van der Waals surface area contributed by atoms with Crippen LogP contribution in [0.4, 0.5) is 5.95 Å². The first-order valence-corrected chi connectivity index (χ1v) is 6.57. The summed E-state index contributed by atoms with van der Waals surface area (Å²) in [6.45, 7) is 6.39. The van der Waals surface area contributed by atoms with Gasteiger partial charge in [0.15, 0.2) is 4.77 Å². The predicted molar refractivity (Wildman–Crippen MR) is 72.0 cm³/mol. The quantitative estimate of drug-likeness (QED) is 0.825. The van der Waals surface area contributed by atoms with E-state index in [9.17, 15) is 0 Å². The molecule has 17 heavy (non-hydrogen) atoms. The normalized spacial score (nSPS) is 21.0. The third-order valence-corrected chi connectivity index (χ3v) is 3.73. The number of hydrogen-bond donors (Lipinski definition) is 1. The molecule has 1 aromatic heterocycles. The summed E-state index contributed by atoms with van der Waals surface area (Å²) in [5, 5.41) is 7.17. The fraction of sp³-hybridized carbons (Fsp3) is 0.818. The lowest BCUT2D eigenvalue weighted by molar-refractivity contribution is 0.395. The molecule has 1 aliphatic rings. The largest absolute Gasteiger partial charge is 0.344 e. The Morgan fingerprint density at radius 3 is 2.94 bits per heavy atom. The standard InChI is InChI=1S/C11H21N5S/c1-4-16-10(12-13-11(16)17)15(3)8-9-5-6-14(2)7-9/h9H,4-8H2,1-3H3,(H,13,17). The number of rotatable bonds is 4. The SMILES string of the molecule is CCn1c(N(C)CC2CCN(C)C2)n[nH]c1=S. The Morgan fingerprint density at radius 1 is 1.59 bits per heavy atom. The van der Waals surface area contributed by atoms with Crippen LogP contribution in [-0.4, -0.2) is 53.4 Å². The van der Waals surface area contributed by atoms with Crippen LogP contribution in [0.1, 0.15) is 13.3 Å². The average Bonchev–Trinajstić information content (AvgIpc) is 2.84. The molecule has 5 nitrogen and oxygen atoms in total. The third-order valence-electron chi connectivity index (χ3n) is 3.42. The molecule has 6 heteroatoms. The van der Waals surface area contributed by atoms with Gasteiger partial charge in [0.05, 0.1) is 0 Å². The van der Waals surface area contributed by atoms with Crippen molar-refractivity contribution in [2.75, 3.05) is 38.6 Å². The number of aromatic nitrogens is 3. The van der Waals surface area contributed by atoms with E-state index in [4.69, 9.17) is 12.2 Å². The Hall–Kier alpha value is -0.880. The van der Waals surface area contributed by atoms with Gasteiger partial charge in [-0.15, -0.1) is 5.10 Å². The molecule has 96 valence electrons. The molecule has 1 N–H and O–H groups in total. The number of aromatic amines is 1. The van der Waals surface area contributed by atoms with Crippen LogP contribution in [-0.2, 0) is 6.54 Å². The number of hydrogen-bond acceptors (Lipinski definition) is 4. The van der Waals surface area contributed by atoms with E-state index in [0.29, 0.717) is 4.77 Å². The minimum absolute atomic E-state index is 0.706. The van der Waals surface area contributed by atoms with Crippen LogP contribution in [0.25, 0.3) is 0 Å². The Labute approximate surface area is 107 Å². The summed E-state index contributed by atoms with van der Waals surface area (Å²) in [4.78, 5) is 4.59. The molecule has 1 unspecified atom stereocenters. The van der Waals surface area contributed by atoms with Crippen molar-refractivity contribution in [1.82, 2.24) is 19.7 Å². The molecule has 2 rings (SSSR count). The van der Waals surface area contributed by atoms with Crippen LogP contribution in [0.15, 0.2) is 0 Å². The van der Waals surface area contributed by atoms with Crippen molar-refractivity contribution in [3.05, 3.63) is 4.77 Å². The number of H-pyrrole nitrogens is 1. The second-order valence-corrected chi connectivity index (χ2v) is 5.26. The molecule has 0 bridgehead atoms. The lowest BCUT2D eigenvalue weighted by atomic mass is 10.1. The summed E-state index contributed by atoms with van der Waals surface area (Å²) in [7, 11) is 4.28. The molecule has 1 atom stereocenters. The Balaban J connectivity index is 2.04. The average molecular weight is 255 g/mol. The summed E-state index contributed by atoms with van der Waals surface area (Å²) in [5.74, 6) is 1.69. The zero-order valence-electron chi connectivity index (χ0n) is 10.8. The number of nitrogens with zero attached hydrogens (tertiary/aromatic N) is 4. The minimum Gasteiger partial charge on any atom is -0.344 e. The number of likely N-dealkylation sites (tertiary alicyclic amines) is 1. The van der Waals surface area contributed by atoms with Gasteiger partial charge in [-0.2, -0.15) is 0 Å². The monoisotopic (exact) mass is 255 g/mol. The van der Waals surface area contributed by atoms with E-state index in [0.717, 1.165) is 25.0 Å². The first kappa shape index (κ1) is 12.6. The van der Waals surface area contributed by atoms with Gasteiger partial charge in [-0.1, -0.05) is 0 Å². The van der Waals surface area contributed by atoms with Gasteiger partial charge in [-0.25, -0.2) is 5.10 Å². The van der Waals surface area contributed by atoms with Crippen molar-refractivity contribution in [1.29, 1.82) is 0 Å². The van der Waals surface area contributed by atoms with Gasteiger partial charge < -0.3 is 9.80 Å². The molecule has 1 aliphatic heterocycles. The van der Waals surface area contributed by atoms with Crippen LogP contribution in [0.5, 0.6) is 0 Å². The summed E-state index contributed by atoms with van der Waals surface area (Å²) in [6.07, 6.45) is 1.28. The highest BCUT2D eigenvalue weighted by atomic mass is 32.1. The topological polar surface area (TPSA) is 40.1 Å². The van der Waals surface area contributed by atoms with Crippen molar-refractivity contribution in [2.45, 2.75) is 19.9 Å². The zero-order chi connectivity index (χ0) is 12.4. The van der Waals surface area contributed by atoms with Gasteiger partial charge in [0.1, 0.15) is 0 Å². The predicted octanol–water partition coefficient (Wildman–Crippen LogP) is 1.35. The molecule has 0 spiro atoms. The van der Waals surface area contributed by atoms with E-state index in [1.54, 1.807) is 0 Å². The second kappa shape index (κ2) is 5.18. The van der Waals surface area contributed by atoms with Crippen LogP contribution in [0.2, 0.25) is 0 Å². The van der Waals surface area contributed by atoms with E-state index in [1.165, 1.54) is 19.5 Å². The maximum Gasteiger partial charge on any atom is 0.225 e. The maximum absolute atomic E-state index is 5.20. The smallest absolute Gasteiger partial charge is 0.225 e. The molecule has 0 saturated carbocycles. The van der Waals surface area contributed by atoms with Crippen molar-refractivity contribution in [2.24, 2.45) is 5.92 Å². The molecular weight excluding hydrogens is 234 g/mol. The van der Waals surface area contributed by atoms with Crippen LogP contribution in [0.3, 0.4) is 0 Å². The number of nitrogens with one attached hydrogen (secondary N) is 1. The molecule has 0 aromatic carbocycles. The van der Waals surface area contributed by atoms with Crippen molar-refractivity contribution < 1.29 is 0 Å². The summed E-state index contributed by atoms with van der Waals surface area (Å²) >= 11 is 5.20. The second-order valence-electron chi connectivity index (χ2n) is 4.87. The van der Waals surface area contributed by atoms with Crippen molar-refractivity contribution >= 4 is 18.2 Å². The van der Waals surface area contributed by atoms with Crippen LogP contribution >= 0.6 is 12.2 Å². The van der Waals surface area contributed by atoms with E-state index in [2.05, 4.69) is 41.0 Å². The Morgan fingerprint density at radius 2 is 2.35 bits per heavy atom. The van der Waals surface area contributed by atoms with E-state index >= 15 is 0 Å². The van der Waals surface area contributed by atoms with E-state index in [1.807, 2.05) is 4.57 Å². The summed E-state index contributed by atoms with van der Waals surface area (Å²) in [6, 6.07) is 0. The highest BCUT2D eigenvalue weighted by Gasteiger charge is 2.22. The third kappa shape index (κ3) is 2.69. The van der Waals surface area contributed by atoms with Crippen molar-refractivity contribution in [3.63, 3.8) is 0 Å². The summed E-state index contributed by atoms with van der Waals surface area (Å²) < 4.78 is 2.74. The van der Waals surface area contributed by atoms with Gasteiger partial charge in [-0.3, -0.25) is 4.57 Å². The van der Waals surface area contributed by atoms with Crippen LogP contribution < -0.4 is 4.90 Å². The van der Waals surface area contributed by atoms with Gasteiger partial charge in [0, 0.05) is 26.7 Å². The first-order valence-electron chi connectivity index (χ1n) is 6.16. The molecule has 0 radical (unpaired) electrons. The Bertz CT molecular complexity index is 424. The van der Waals surface area contributed by atoms with Gasteiger partial charge in [0.2, 0.25) is 5.95 Å². The first-order chi connectivity index (χ1) is 8.11. The molecular formula is C11H21N5S. The minimum atomic E-state index is 0.706. The lowest BCUT2D eigenvalue weighted by Crippen LogP contribution is -2.29. The van der Waals surface area contributed by atoms with Crippen LogP contribution in [0, 0.1) is 10.7 Å². The molecule has 2 heterocycles. The van der Waals surface area contributed by atoms with Gasteiger partial charge >= 0.3 is 0 Å². The van der Waals surface area contributed by atoms with Gasteiger partial charge in [-0.05, 0) is 45.1 Å². The molecule has 1 fully saturated rings. The Kier molecular flexibility index (Phi) is 3.83. The summed E-state index contributed by atoms with van der Waals surface area (Å²) in [5.41, 5.74) is 0. The number of anilines is 1. The molecule has 0 amide bonds. The molecule has 1 saturated heterocycles. The van der Waals surface area contributed by atoms with E-state index < -0.39 is 0 Å². The molecule has 1 aromatic rings. The fourth-order valence-corrected chi connectivity index (χ4v) is 2.79. The van der Waals surface area contributed by atoms with Gasteiger partial charge in [0.25, 0.3) is 0 Å².